The standard InChI is InChI=1S/C23H22N4O2/c1-15-17-8-4-5-11-20(17)25-21(24-15)14-26-12-6-7-16(13-26)27-22(28)18-9-2-3-10-19(18)23(27)29/h2-5,8-11,16H,6-7,12-14H2,1H3/t16-/m1/s1. The number of imide groups is 1. The maximum absolute atomic E-state index is 12.8. The number of para-hydroxylation sites is 1. The number of carbonyl (C=O) groups is 2. The fraction of sp³-hybridized carbons (Fsp3) is 0.304. The number of hydrogen-bond acceptors (Lipinski definition) is 5. The highest BCUT2D eigenvalue weighted by molar-refractivity contribution is 6.21. The van der Waals surface area contributed by atoms with Crippen molar-refractivity contribution < 1.29 is 9.59 Å². The van der Waals surface area contributed by atoms with E-state index in [-0.39, 0.29) is 17.9 Å². The predicted octanol–water partition coefficient (Wildman–Crippen LogP) is 3.20. The number of benzene rings is 2. The first kappa shape index (κ1) is 17.9. The van der Waals surface area contributed by atoms with Crippen LogP contribution in [0.3, 0.4) is 0 Å². The van der Waals surface area contributed by atoms with Gasteiger partial charge in [-0.15, -0.1) is 0 Å². The van der Waals surface area contributed by atoms with Crippen molar-refractivity contribution in [1.29, 1.82) is 0 Å². The van der Waals surface area contributed by atoms with E-state index in [1.54, 1.807) is 24.3 Å². The Morgan fingerprint density at radius 3 is 2.41 bits per heavy atom. The maximum atomic E-state index is 12.8. The van der Waals surface area contributed by atoms with Crippen LogP contribution in [0.4, 0.5) is 0 Å². The molecule has 1 aromatic heterocycles. The number of fused-ring (bicyclic) bond motifs is 2. The molecule has 6 nitrogen and oxygen atoms in total. The topological polar surface area (TPSA) is 66.4 Å². The van der Waals surface area contributed by atoms with Crippen LogP contribution in [0.15, 0.2) is 48.5 Å². The Balaban J connectivity index is 1.36. The Labute approximate surface area is 169 Å². The van der Waals surface area contributed by atoms with Gasteiger partial charge < -0.3 is 0 Å². The zero-order valence-electron chi connectivity index (χ0n) is 16.3. The van der Waals surface area contributed by atoms with Gasteiger partial charge in [-0.2, -0.15) is 0 Å². The summed E-state index contributed by atoms with van der Waals surface area (Å²) in [6.45, 7) is 4.19. The van der Waals surface area contributed by atoms with Crippen molar-refractivity contribution in [1.82, 2.24) is 19.8 Å². The second-order valence-electron chi connectivity index (χ2n) is 7.80. The molecule has 0 N–H and O–H groups in total. The number of hydrogen-bond donors (Lipinski definition) is 0. The Hall–Kier alpha value is -3.12. The monoisotopic (exact) mass is 386 g/mol. The van der Waals surface area contributed by atoms with Crippen LogP contribution < -0.4 is 0 Å². The summed E-state index contributed by atoms with van der Waals surface area (Å²) in [6.07, 6.45) is 1.77. The average Bonchev–Trinajstić information content (AvgIpc) is 2.99. The van der Waals surface area contributed by atoms with E-state index in [0.717, 1.165) is 41.8 Å². The van der Waals surface area contributed by atoms with E-state index >= 15 is 0 Å². The molecule has 2 aliphatic heterocycles. The summed E-state index contributed by atoms with van der Waals surface area (Å²) < 4.78 is 0. The molecule has 0 spiro atoms. The molecule has 5 rings (SSSR count). The molecule has 0 aliphatic carbocycles. The van der Waals surface area contributed by atoms with E-state index in [1.807, 2.05) is 31.2 Å². The lowest BCUT2D eigenvalue weighted by molar-refractivity contribution is 0.0473. The third-order valence-electron chi connectivity index (χ3n) is 5.88. The van der Waals surface area contributed by atoms with Crippen molar-refractivity contribution in [3.8, 4) is 0 Å². The minimum absolute atomic E-state index is 0.113. The molecule has 0 unspecified atom stereocenters. The molecule has 0 radical (unpaired) electrons. The quantitative estimate of drug-likeness (QED) is 0.647. The zero-order chi connectivity index (χ0) is 20.0. The lowest BCUT2D eigenvalue weighted by Crippen LogP contribution is -2.50. The van der Waals surface area contributed by atoms with Crippen molar-refractivity contribution in [3.05, 3.63) is 71.2 Å². The number of likely N-dealkylation sites (tertiary alicyclic amines) is 1. The summed E-state index contributed by atoms with van der Waals surface area (Å²) >= 11 is 0. The van der Waals surface area contributed by atoms with Gasteiger partial charge in [-0.3, -0.25) is 19.4 Å². The van der Waals surface area contributed by atoms with Crippen molar-refractivity contribution >= 4 is 22.7 Å². The molecule has 2 amide bonds. The van der Waals surface area contributed by atoms with Crippen molar-refractivity contribution in [2.45, 2.75) is 32.4 Å². The summed E-state index contributed by atoms with van der Waals surface area (Å²) in [5.74, 6) is 0.440. The minimum Gasteiger partial charge on any atom is -0.294 e. The van der Waals surface area contributed by atoms with Gasteiger partial charge in [0.15, 0.2) is 0 Å². The fourth-order valence-electron chi connectivity index (χ4n) is 4.49. The maximum Gasteiger partial charge on any atom is 0.261 e. The molecule has 6 heteroatoms. The highest BCUT2D eigenvalue weighted by Gasteiger charge is 2.41. The molecule has 2 aliphatic rings. The number of aryl methyl sites for hydroxylation is 1. The number of rotatable bonds is 3. The number of piperidine rings is 1. The second kappa shape index (κ2) is 7.04. The molecule has 0 bridgehead atoms. The lowest BCUT2D eigenvalue weighted by atomic mass is 10.0. The smallest absolute Gasteiger partial charge is 0.261 e. The molecule has 3 aromatic rings. The van der Waals surface area contributed by atoms with Gasteiger partial charge in [0.2, 0.25) is 0 Å². The first-order valence-corrected chi connectivity index (χ1v) is 10.0. The van der Waals surface area contributed by atoms with E-state index in [4.69, 9.17) is 4.98 Å². The first-order valence-electron chi connectivity index (χ1n) is 10.0. The molecule has 2 aromatic carbocycles. The molecule has 29 heavy (non-hydrogen) atoms. The molecule has 1 fully saturated rings. The molecule has 3 heterocycles. The van der Waals surface area contributed by atoms with Gasteiger partial charge in [0, 0.05) is 17.6 Å². The van der Waals surface area contributed by atoms with Gasteiger partial charge in [0.1, 0.15) is 5.82 Å². The van der Waals surface area contributed by atoms with Crippen LogP contribution in [-0.4, -0.2) is 50.7 Å². The third-order valence-corrected chi connectivity index (χ3v) is 5.88. The predicted molar refractivity (Wildman–Crippen MR) is 110 cm³/mol. The van der Waals surface area contributed by atoms with Crippen molar-refractivity contribution in [3.63, 3.8) is 0 Å². The summed E-state index contributed by atoms with van der Waals surface area (Å²) in [5.41, 5.74) is 2.95. The third kappa shape index (κ3) is 3.09. The van der Waals surface area contributed by atoms with E-state index in [0.29, 0.717) is 24.2 Å². The van der Waals surface area contributed by atoms with Crippen LogP contribution in [0.5, 0.6) is 0 Å². The highest BCUT2D eigenvalue weighted by atomic mass is 16.2. The molecule has 1 atom stereocenters. The summed E-state index contributed by atoms with van der Waals surface area (Å²) in [7, 11) is 0. The highest BCUT2D eigenvalue weighted by Crippen LogP contribution is 2.28. The molecule has 146 valence electrons. The average molecular weight is 386 g/mol. The van der Waals surface area contributed by atoms with Gasteiger partial charge in [0.25, 0.3) is 11.8 Å². The van der Waals surface area contributed by atoms with Crippen LogP contribution >= 0.6 is 0 Å². The summed E-state index contributed by atoms with van der Waals surface area (Å²) in [6, 6.07) is 15.0. The zero-order valence-corrected chi connectivity index (χ0v) is 16.3. The largest absolute Gasteiger partial charge is 0.294 e. The van der Waals surface area contributed by atoms with E-state index in [2.05, 4.69) is 9.88 Å². The van der Waals surface area contributed by atoms with Gasteiger partial charge in [-0.25, -0.2) is 9.97 Å². The van der Waals surface area contributed by atoms with Crippen LogP contribution in [0.25, 0.3) is 10.9 Å². The summed E-state index contributed by atoms with van der Waals surface area (Å²) in [4.78, 5) is 38.8. The lowest BCUT2D eigenvalue weighted by Gasteiger charge is -2.36. The molecular weight excluding hydrogens is 364 g/mol. The second-order valence-corrected chi connectivity index (χ2v) is 7.80. The Bertz CT molecular complexity index is 1090. The van der Waals surface area contributed by atoms with Crippen LogP contribution in [0.2, 0.25) is 0 Å². The Morgan fingerprint density at radius 2 is 1.66 bits per heavy atom. The van der Waals surface area contributed by atoms with E-state index < -0.39 is 0 Å². The Kier molecular flexibility index (Phi) is 4.36. The SMILES string of the molecule is Cc1nc(CN2CCC[C@@H](N3C(=O)c4ccccc4C3=O)C2)nc2ccccc12. The van der Waals surface area contributed by atoms with Gasteiger partial charge >= 0.3 is 0 Å². The van der Waals surface area contributed by atoms with Crippen LogP contribution in [-0.2, 0) is 6.54 Å². The van der Waals surface area contributed by atoms with Gasteiger partial charge in [-0.1, -0.05) is 30.3 Å². The van der Waals surface area contributed by atoms with Gasteiger partial charge in [-0.05, 0) is 44.5 Å². The summed E-state index contributed by atoms with van der Waals surface area (Å²) in [5, 5.41) is 1.07. The first-order chi connectivity index (χ1) is 14.1. The fourth-order valence-corrected chi connectivity index (χ4v) is 4.49. The number of aromatic nitrogens is 2. The normalized spacial score (nSPS) is 19.8. The van der Waals surface area contributed by atoms with E-state index in [1.165, 1.54) is 4.90 Å². The van der Waals surface area contributed by atoms with Crippen molar-refractivity contribution in [2.24, 2.45) is 0 Å². The van der Waals surface area contributed by atoms with Crippen molar-refractivity contribution in [2.75, 3.05) is 13.1 Å². The van der Waals surface area contributed by atoms with Gasteiger partial charge in [0.05, 0.1) is 29.2 Å². The molecule has 0 saturated carbocycles. The van der Waals surface area contributed by atoms with Crippen LogP contribution in [0, 0.1) is 6.92 Å². The molecule has 1 saturated heterocycles. The Morgan fingerprint density at radius 1 is 0.966 bits per heavy atom. The van der Waals surface area contributed by atoms with E-state index in [9.17, 15) is 9.59 Å². The molecular formula is C23H22N4O2. The number of amides is 2. The number of carbonyl (C=O) groups excluding carboxylic acids is 2. The number of nitrogens with zero attached hydrogens (tertiary/aromatic N) is 4. The van der Waals surface area contributed by atoms with Crippen LogP contribution in [0.1, 0.15) is 45.1 Å². The minimum atomic E-state index is -0.171.